The molecule has 0 aliphatic rings. The van der Waals surface area contributed by atoms with Crippen LogP contribution in [-0.4, -0.2) is 28.2 Å². The van der Waals surface area contributed by atoms with Crippen molar-refractivity contribution >= 4 is 22.5 Å². The smallest absolute Gasteiger partial charge is 0.248 e. The molecule has 4 rings (SSSR count). The molecule has 0 aliphatic carbocycles. The standard InChI is InChI=1S/C31H34N2O5/c1-20(10-14-26(34)24-12-15-27(35)31-25(24)13-17-30(37)33-31)18-21-6-5-8-23(19-21)32-29(36)16-11-22-7-3-4-9-28(22)38-2/h3-9,12-13,15,17,19-20,26,34-35H,10-11,14,16,18H2,1-2H3,(H,32,36)(H,33,37). The van der Waals surface area contributed by atoms with E-state index in [2.05, 4.69) is 17.2 Å². The number of phenolic OH excluding ortho intramolecular Hbond substituents is 1. The first-order valence-electron chi connectivity index (χ1n) is 12.9. The minimum Gasteiger partial charge on any atom is -0.506 e. The highest BCUT2D eigenvalue weighted by atomic mass is 16.5. The third kappa shape index (κ3) is 6.81. The lowest BCUT2D eigenvalue weighted by Crippen LogP contribution is -2.13. The van der Waals surface area contributed by atoms with Gasteiger partial charge >= 0.3 is 0 Å². The van der Waals surface area contributed by atoms with Gasteiger partial charge in [-0.3, -0.25) is 9.59 Å². The number of phenols is 1. The number of aliphatic hydroxyl groups excluding tert-OH is 1. The van der Waals surface area contributed by atoms with E-state index in [9.17, 15) is 19.8 Å². The zero-order chi connectivity index (χ0) is 27.1. The molecule has 0 bridgehead atoms. The molecule has 1 amide bonds. The van der Waals surface area contributed by atoms with Crippen molar-refractivity contribution in [2.24, 2.45) is 5.92 Å². The second-order valence-electron chi connectivity index (χ2n) is 9.75. The molecular weight excluding hydrogens is 480 g/mol. The summed E-state index contributed by atoms with van der Waals surface area (Å²) in [6.07, 6.45) is 2.36. The van der Waals surface area contributed by atoms with Gasteiger partial charge in [0.2, 0.25) is 11.5 Å². The molecule has 198 valence electrons. The Morgan fingerprint density at radius 2 is 1.84 bits per heavy atom. The van der Waals surface area contributed by atoms with Crippen molar-refractivity contribution < 1.29 is 19.7 Å². The quantitative estimate of drug-likeness (QED) is 0.211. The lowest BCUT2D eigenvalue weighted by molar-refractivity contribution is -0.116. The van der Waals surface area contributed by atoms with E-state index in [0.717, 1.165) is 35.4 Å². The number of aromatic amines is 1. The maximum absolute atomic E-state index is 12.5. The molecule has 7 heteroatoms. The average Bonchev–Trinajstić information content (AvgIpc) is 2.91. The molecule has 0 aliphatic heterocycles. The maximum Gasteiger partial charge on any atom is 0.248 e. The van der Waals surface area contributed by atoms with Crippen molar-refractivity contribution in [1.29, 1.82) is 0 Å². The molecule has 38 heavy (non-hydrogen) atoms. The van der Waals surface area contributed by atoms with E-state index in [4.69, 9.17) is 4.74 Å². The van der Waals surface area contributed by atoms with Gasteiger partial charge in [-0.25, -0.2) is 0 Å². The summed E-state index contributed by atoms with van der Waals surface area (Å²) in [5, 5.41) is 24.6. The number of benzene rings is 3. The summed E-state index contributed by atoms with van der Waals surface area (Å²) in [6.45, 7) is 2.14. The minimum absolute atomic E-state index is 0.0196. The SMILES string of the molecule is COc1ccccc1CCC(=O)Nc1cccc(CC(C)CCC(O)c2ccc(O)c3[nH]c(=O)ccc23)c1. The molecule has 2 atom stereocenters. The third-order valence-electron chi connectivity index (χ3n) is 6.81. The number of carbonyl (C=O) groups excluding carboxylic acids is 1. The van der Waals surface area contributed by atoms with Gasteiger partial charge in [0.25, 0.3) is 0 Å². The lowest BCUT2D eigenvalue weighted by atomic mass is 9.92. The van der Waals surface area contributed by atoms with Crippen LogP contribution in [0, 0.1) is 5.92 Å². The molecule has 0 saturated carbocycles. The number of aryl methyl sites for hydroxylation is 1. The van der Waals surface area contributed by atoms with Crippen molar-refractivity contribution in [3.05, 3.63) is 99.8 Å². The number of aromatic nitrogens is 1. The summed E-state index contributed by atoms with van der Waals surface area (Å²) >= 11 is 0. The van der Waals surface area contributed by atoms with E-state index < -0.39 is 6.10 Å². The van der Waals surface area contributed by atoms with Crippen LogP contribution in [0.2, 0.25) is 0 Å². The zero-order valence-electron chi connectivity index (χ0n) is 21.7. The number of hydrogen-bond donors (Lipinski definition) is 4. The number of methoxy groups -OCH3 is 1. The molecule has 0 spiro atoms. The van der Waals surface area contributed by atoms with E-state index in [-0.39, 0.29) is 17.2 Å². The molecule has 0 radical (unpaired) electrons. The molecule has 4 aromatic rings. The number of carbonyl (C=O) groups is 1. The lowest BCUT2D eigenvalue weighted by Gasteiger charge is -2.17. The number of rotatable bonds is 11. The fraction of sp³-hybridized carbons (Fsp3) is 0.290. The Labute approximate surface area is 222 Å². The molecule has 7 nitrogen and oxygen atoms in total. The summed E-state index contributed by atoms with van der Waals surface area (Å²) in [7, 11) is 1.63. The van der Waals surface area contributed by atoms with Gasteiger partial charge in [-0.05, 0) is 78.6 Å². The van der Waals surface area contributed by atoms with Crippen molar-refractivity contribution in [3.63, 3.8) is 0 Å². The van der Waals surface area contributed by atoms with Crippen molar-refractivity contribution in [1.82, 2.24) is 4.98 Å². The molecule has 1 heterocycles. The van der Waals surface area contributed by atoms with E-state index in [1.165, 1.54) is 12.1 Å². The first-order chi connectivity index (χ1) is 18.3. The number of aromatic hydroxyl groups is 1. The van der Waals surface area contributed by atoms with Gasteiger partial charge < -0.3 is 25.3 Å². The summed E-state index contributed by atoms with van der Waals surface area (Å²) in [4.78, 5) is 26.8. The van der Waals surface area contributed by atoms with Gasteiger partial charge in [-0.2, -0.15) is 0 Å². The molecule has 4 N–H and O–H groups in total. The highest BCUT2D eigenvalue weighted by Gasteiger charge is 2.16. The first kappa shape index (κ1) is 26.9. The number of fused-ring (bicyclic) bond motifs is 1. The van der Waals surface area contributed by atoms with Crippen molar-refractivity contribution in [2.75, 3.05) is 12.4 Å². The number of hydrogen-bond acceptors (Lipinski definition) is 5. The highest BCUT2D eigenvalue weighted by molar-refractivity contribution is 5.91. The van der Waals surface area contributed by atoms with Gasteiger partial charge in [-0.1, -0.05) is 43.3 Å². The number of para-hydroxylation sites is 1. The van der Waals surface area contributed by atoms with Crippen LogP contribution in [0.1, 0.15) is 49.0 Å². The zero-order valence-corrected chi connectivity index (χ0v) is 21.7. The molecule has 3 aromatic carbocycles. The van der Waals surface area contributed by atoms with Crippen LogP contribution in [0.15, 0.2) is 77.6 Å². The molecule has 0 fully saturated rings. The topological polar surface area (TPSA) is 112 Å². The van der Waals surface area contributed by atoms with Gasteiger partial charge in [0.15, 0.2) is 0 Å². The number of ether oxygens (including phenoxy) is 1. The average molecular weight is 515 g/mol. The Balaban J connectivity index is 1.31. The Bertz CT molecular complexity index is 1460. The van der Waals surface area contributed by atoms with E-state index in [0.29, 0.717) is 41.6 Å². The van der Waals surface area contributed by atoms with Crippen LogP contribution >= 0.6 is 0 Å². The largest absolute Gasteiger partial charge is 0.506 e. The first-order valence-corrected chi connectivity index (χ1v) is 12.9. The second kappa shape index (κ2) is 12.4. The van der Waals surface area contributed by atoms with Crippen molar-refractivity contribution in [3.8, 4) is 11.5 Å². The van der Waals surface area contributed by atoms with Gasteiger partial charge in [0.05, 0.1) is 18.7 Å². The number of anilines is 1. The van der Waals surface area contributed by atoms with Crippen LogP contribution < -0.4 is 15.6 Å². The maximum atomic E-state index is 12.5. The number of H-pyrrole nitrogens is 1. The van der Waals surface area contributed by atoms with Crippen LogP contribution in [0.3, 0.4) is 0 Å². The van der Waals surface area contributed by atoms with Crippen LogP contribution in [0.5, 0.6) is 11.5 Å². The summed E-state index contributed by atoms with van der Waals surface area (Å²) in [5.41, 5.74) is 3.60. The Hall–Kier alpha value is -4.10. The fourth-order valence-electron chi connectivity index (χ4n) is 4.81. The van der Waals surface area contributed by atoms with E-state index in [1.54, 1.807) is 19.2 Å². The van der Waals surface area contributed by atoms with Crippen molar-refractivity contribution in [2.45, 2.75) is 45.1 Å². The monoisotopic (exact) mass is 514 g/mol. The predicted molar refractivity (Wildman–Crippen MR) is 150 cm³/mol. The molecule has 2 unspecified atom stereocenters. The van der Waals surface area contributed by atoms with Gasteiger partial charge in [-0.15, -0.1) is 0 Å². The summed E-state index contributed by atoms with van der Waals surface area (Å²) in [6, 6.07) is 21.8. The Morgan fingerprint density at radius 3 is 2.66 bits per heavy atom. The molecule has 0 saturated heterocycles. The summed E-state index contributed by atoms with van der Waals surface area (Å²) in [5.74, 6) is 1.01. The Morgan fingerprint density at radius 1 is 1.03 bits per heavy atom. The normalized spacial score (nSPS) is 12.7. The fourth-order valence-corrected chi connectivity index (χ4v) is 4.81. The second-order valence-corrected chi connectivity index (χ2v) is 9.75. The molecule has 1 aromatic heterocycles. The Kier molecular flexibility index (Phi) is 8.81. The number of nitrogens with one attached hydrogen (secondary N) is 2. The van der Waals surface area contributed by atoms with Crippen LogP contribution in [0.4, 0.5) is 5.69 Å². The number of pyridine rings is 1. The third-order valence-corrected chi connectivity index (χ3v) is 6.81. The predicted octanol–water partition coefficient (Wildman–Crippen LogP) is 5.51. The van der Waals surface area contributed by atoms with Crippen LogP contribution in [0.25, 0.3) is 10.9 Å². The van der Waals surface area contributed by atoms with Gasteiger partial charge in [0.1, 0.15) is 11.5 Å². The minimum atomic E-state index is -0.722. The van der Waals surface area contributed by atoms with E-state index >= 15 is 0 Å². The van der Waals surface area contributed by atoms with Crippen LogP contribution in [-0.2, 0) is 17.6 Å². The van der Waals surface area contributed by atoms with E-state index in [1.807, 2.05) is 48.5 Å². The number of amides is 1. The molecular formula is C31H34N2O5. The highest BCUT2D eigenvalue weighted by Crippen LogP contribution is 2.31. The number of aliphatic hydroxyl groups is 1. The van der Waals surface area contributed by atoms with Gasteiger partial charge in [0, 0.05) is 23.6 Å². The summed E-state index contributed by atoms with van der Waals surface area (Å²) < 4.78 is 5.37.